The molecule has 1 aromatic rings. The monoisotopic (exact) mass is 326 g/mol. The average Bonchev–Trinajstić information content (AvgIpc) is 3.31. The first-order valence-electron chi connectivity index (χ1n) is 7.79. The van der Waals surface area contributed by atoms with Crippen LogP contribution in [0, 0.1) is 17.6 Å². The predicted molar refractivity (Wildman–Crippen MR) is 80.6 cm³/mol. The van der Waals surface area contributed by atoms with Gasteiger partial charge in [0, 0.05) is 30.5 Å². The minimum absolute atomic E-state index is 0.0160. The van der Waals surface area contributed by atoms with E-state index < -0.39 is 23.4 Å². The molecule has 0 spiro atoms. The molecule has 3 rings (SSSR count). The van der Waals surface area contributed by atoms with Crippen molar-refractivity contribution in [2.75, 3.05) is 19.0 Å². The largest absolute Gasteiger partial charge is 0.491 e. The number of ether oxygens (including phenoxy) is 2. The van der Waals surface area contributed by atoms with E-state index in [1.54, 1.807) is 0 Å². The second-order valence-corrected chi connectivity index (χ2v) is 6.04. The molecule has 1 saturated carbocycles. The lowest BCUT2D eigenvalue weighted by molar-refractivity contribution is -0.00889. The first-order valence-corrected chi connectivity index (χ1v) is 7.79. The van der Waals surface area contributed by atoms with Crippen molar-refractivity contribution in [3.8, 4) is 5.75 Å². The van der Waals surface area contributed by atoms with E-state index in [0.717, 1.165) is 25.0 Å². The second kappa shape index (κ2) is 6.70. The van der Waals surface area contributed by atoms with Gasteiger partial charge in [0.1, 0.15) is 0 Å². The SMILES string of the molecule is COc1c(F)cc(NC(=O)N[C@H]2CCO[C@@H](C3CC3)C2)cc1F. The van der Waals surface area contributed by atoms with Crippen molar-refractivity contribution in [3.63, 3.8) is 0 Å². The Balaban J connectivity index is 1.56. The molecule has 2 N–H and O–H groups in total. The molecule has 5 nitrogen and oxygen atoms in total. The van der Waals surface area contributed by atoms with E-state index in [1.807, 2.05) is 0 Å². The molecular formula is C16H20F2N2O3. The Kier molecular flexibility index (Phi) is 4.66. The van der Waals surface area contributed by atoms with Gasteiger partial charge in [0.2, 0.25) is 0 Å². The fourth-order valence-electron chi connectivity index (χ4n) is 2.94. The van der Waals surface area contributed by atoms with Crippen molar-refractivity contribution >= 4 is 11.7 Å². The van der Waals surface area contributed by atoms with E-state index in [2.05, 4.69) is 15.4 Å². The zero-order chi connectivity index (χ0) is 16.4. The molecule has 0 radical (unpaired) electrons. The van der Waals surface area contributed by atoms with Gasteiger partial charge in [-0.3, -0.25) is 0 Å². The molecule has 1 aliphatic heterocycles. The van der Waals surface area contributed by atoms with E-state index in [4.69, 9.17) is 4.74 Å². The smallest absolute Gasteiger partial charge is 0.319 e. The molecular weight excluding hydrogens is 306 g/mol. The van der Waals surface area contributed by atoms with Crippen molar-refractivity contribution < 1.29 is 23.0 Å². The summed E-state index contributed by atoms with van der Waals surface area (Å²) in [7, 11) is 1.18. The maximum Gasteiger partial charge on any atom is 0.319 e. The van der Waals surface area contributed by atoms with Crippen LogP contribution in [0.2, 0.25) is 0 Å². The normalized spacial score (nSPS) is 24.1. The number of nitrogens with one attached hydrogen (secondary N) is 2. The summed E-state index contributed by atoms with van der Waals surface area (Å²) in [4.78, 5) is 12.0. The molecule has 2 amide bonds. The third-order valence-corrected chi connectivity index (χ3v) is 4.26. The van der Waals surface area contributed by atoms with Crippen LogP contribution in [0.15, 0.2) is 12.1 Å². The van der Waals surface area contributed by atoms with Gasteiger partial charge in [-0.05, 0) is 31.6 Å². The van der Waals surface area contributed by atoms with Crippen molar-refractivity contribution in [2.45, 2.75) is 37.8 Å². The van der Waals surface area contributed by atoms with Gasteiger partial charge >= 0.3 is 6.03 Å². The number of anilines is 1. The number of hydrogen-bond donors (Lipinski definition) is 2. The van der Waals surface area contributed by atoms with E-state index in [0.29, 0.717) is 12.5 Å². The minimum Gasteiger partial charge on any atom is -0.491 e. The quantitative estimate of drug-likeness (QED) is 0.894. The number of halogens is 2. The van der Waals surface area contributed by atoms with E-state index in [1.165, 1.54) is 20.0 Å². The summed E-state index contributed by atoms with van der Waals surface area (Å²) in [5.41, 5.74) is 0.0455. The minimum atomic E-state index is -0.859. The molecule has 0 unspecified atom stereocenters. The lowest BCUT2D eigenvalue weighted by atomic mass is 10.0. The molecule has 126 valence electrons. The Bertz CT molecular complexity index is 570. The molecule has 2 aliphatic rings. The summed E-state index contributed by atoms with van der Waals surface area (Å²) >= 11 is 0. The Morgan fingerprint density at radius 1 is 1.26 bits per heavy atom. The van der Waals surface area contributed by atoms with Crippen LogP contribution in [-0.2, 0) is 4.74 Å². The van der Waals surface area contributed by atoms with E-state index >= 15 is 0 Å². The maximum absolute atomic E-state index is 13.6. The van der Waals surface area contributed by atoms with Crippen LogP contribution in [0.5, 0.6) is 5.75 Å². The molecule has 0 bridgehead atoms. The third-order valence-electron chi connectivity index (χ3n) is 4.26. The summed E-state index contributed by atoms with van der Waals surface area (Å²) in [5.74, 6) is -1.56. The van der Waals surface area contributed by atoms with Gasteiger partial charge in [0.05, 0.1) is 13.2 Å². The van der Waals surface area contributed by atoms with Crippen LogP contribution in [0.1, 0.15) is 25.7 Å². The molecule has 2 fully saturated rings. The number of hydrogen-bond acceptors (Lipinski definition) is 3. The molecule has 2 atom stereocenters. The Morgan fingerprint density at radius 3 is 2.57 bits per heavy atom. The highest BCUT2D eigenvalue weighted by Gasteiger charge is 2.36. The van der Waals surface area contributed by atoms with E-state index in [-0.39, 0.29) is 17.8 Å². The van der Waals surface area contributed by atoms with Crippen LogP contribution >= 0.6 is 0 Å². The zero-order valence-electron chi connectivity index (χ0n) is 12.9. The summed E-state index contributed by atoms with van der Waals surface area (Å²) in [6.45, 7) is 0.623. The van der Waals surface area contributed by atoms with Crippen molar-refractivity contribution in [1.29, 1.82) is 0 Å². The first-order chi connectivity index (χ1) is 11.1. The lowest BCUT2D eigenvalue weighted by Crippen LogP contribution is -2.44. The average molecular weight is 326 g/mol. The molecule has 1 saturated heterocycles. The fourth-order valence-corrected chi connectivity index (χ4v) is 2.94. The molecule has 23 heavy (non-hydrogen) atoms. The van der Waals surface area contributed by atoms with Crippen LogP contribution in [-0.4, -0.2) is 31.9 Å². The van der Waals surface area contributed by atoms with Gasteiger partial charge < -0.3 is 20.1 Å². The van der Waals surface area contributed by atoms with Crippen molar-refractivity contribution in [1.82, 2.24) is 5.32 Å². The van der Waals surface area contributed by atoms with Crippen LogP contribution in [0.25, 0.3) is 0 Å². The molecule has 1 heterocycles. The number of benzene rings is 1. The Labute approximate surface area is 133 Å². The van der Waals surface area contributed by atoms with Gasteiger partial charge in [-0.15, -0.1) is 0 Å². The number of amides is 2. The van der Waals surface area contributed by atoms with Gasteiger partial charge in [0.15, 0.2) is 17.4 Å². The lowest BCUT2D eigenvalue weighted by Gasteiger charge is -2.30. The molecule has 1 aliphatic carbocycles. The predicted octanol–water partition coefficient (Wildman–Crippen LogP) is 3.05. The van der Waals surface area contributed by atoms with Crippen LogP contribution < -0.4 is 15.4 Å². The Hall–Kier alpha value is -1.89. The summed E-state index contributed by atoms with van der Waals surface area (Å²) in [6, 6.07) is 1.59. The van der Waals surface area contributed by atoms with Gasteiger partial charge in [-0.25, -0.2) is 13.6 Å². The Morgan fingerprint density at radius 2 is 1.96 bits per heavy atom. The topological polar surface area (TPSA) is 59.6 Å². The van der Waals surface area contributed by atoms with Gasteiger partial charge in [0.25, 0.3) is 0 Å². The van der Waals surface area contributed by atoms with Crippen LogP contribution in [0.3, 0.4) is 0 Å². The number of methoxy groups -OCH3 is 1. The zero-order valence-corrected chi connectivity index (χ0v) is 12.9. The maximum atomic E-state index is 13.6. The van der Waals surface area contributed by atoms with Crippen LogP contribution in [0.4, 0.5) is 19.3 Å². The van der Waals surface area contributed by atoms with Crippen molar-refractivity contribution in [3.05, 3.63) is 23.8 Å². The third kappa shape index (κ3) is 3.90. The number of rotatable bonds is 4. The van der Waals surface area contributed by atoms with Crippen molar-refractivity contribution in [2.24, 2.45) is 5.92 Å². The van der Waals surface area contributed by atoms with E-state index in [9.17, 15) is 13.6 Å². The summed E-state index contributed by atoms with van der Waals surface area (Å²) in [6.07, 6.45) is 4.11. The molecule has 0 aromatic heterocycles. The number of urea groups is 1. The summed E-state index contributed by atoms with van der Waals surface area (Å²) < 4.78 is 37.5. The first kappa shape index (κ1) is 16.0. The summed E-state index contributed by atoms with van der Waals surface area (Å²) in [5, 5.41) is 5.30. The highest BCUT2D eigenvalue weighted by atomic mass is 19.1. The molecule has 1 aromatic carbocycles. The second-order valence-electron chi connectivity index (χ2n) is 6.04. The molecule has 7 heteroatoms. The number of carbonyl (C=O) groups is 1. The highest BCUT2D eigenvalue weighted by Crippen LogP contribution is 2.38. The number of carbonyl (C=O) groups excluding carboxylic acids is 1. The highest BCUT2D eigenvalue weighted by molar-refractivity contribution is 5.89. The van der Waals surface area contributed by atoms with Gasteiger partial charge in [-0.1, -0.05) is 0 Å². The van der Waals surface area contributed by atoms with Gasteiger partial charge in [-0.2, -0.15) is 0 Å². The standard InChI is InChI=1S/C16H20F2N2O3/c1-22-15-12(17)6-11(7-13(15)18)20-16(21)19-10-4-5-23-14(8-10)9-2-3-9/h6-7,9-10,14H,2-5,8H2,1H3,(H2,19,20,21)/t10-,14+/m0/s1. The fraction of sp³-hybridized carbons (Fsp3) is 0.562.